The number of nitrogens with zero attached hydrogens (tertiary/aromatic N) is 4. The summed E-state index contributed by atoms with van der Waals surface area (Å²) in [6.07, 6.45) is 0. The van der Waals surface area contributed by atoms with Gasteiger partial charge in [-0.3, -0.25) is 0 Å². The van der Waals surface area contributed by atoms with Gasteiger partial charge in [-0.25, -0.2) is 0 Å². The molecule has 0 saturated heterocycles. The SMILES string of the molecule is c1ccc(-n2c3ccccc3c3cc(-c4ccc5c(c4)c4ccccc4n5-c4ccc5c(ccc6cc(-c7ccc8c9ccccc9c9ccccc9c8c7)ccc65)c4)ccc32)cc1.c1ccc(-n2c3ccccc3c3cc(-c4ccc5c(c4)c4ccccc4n5-c4ccc5ccc(-c6ccc7c8ccccc8c8ccccc8c7c6)cc5c4)ccc32)cc1. The molecule has 0 spiro atoms. The van der Waals surface area contributed by atoms with E-state index in [1.807, 2.05) is 0 Å². The van der Waals surface area contributed by atoms with Crippen LogP contribution in [0.3, 0.4) is 0 Å². The molecule has 4 nitrogen and oxygen atoms in total. The Morgan fingerprint density at radius 1 is 0.0968 bits per heavy atom. The molecule has 27 rings (SSSR count). The maximum atomic E-state index is 2.44. The lowest BCUT2D eigenvalue weighted by atomic mass is 9.91. The first-order valence-electron chi connectivity index (χ1n) is 42.9. The van der Waals surface area contributed by atoms with Crippen LogP contribution in [0.15, 0.2) is 449 Å². The topological polar surface area (TPSA) is 19.7 Å². The summed E-state index contributed by atoms with van der Waals surface area (Å²) in [4.78, 5) is 0. The molecule has 0 aliphatic carbocycles. The van der Waals surface area contributed by atoms with E-state index in [2.05, 4.69) is 467 Å². The number of fused-ring (bicyclic) bond motifs is 28. The Kier molecular flexibility index (Phi) is 15.5. The second kappa shape index (κ2) is 27.6. The molecule has 4 aromatic heterocycles. The fourth-order valence-electron chi connectivity index (χ4n) is 21.0. The van der Waals surface area contributed by atoms with Gasteiger partial charge in [-0.2, -0.15) is 0 Å². The number of rotatable bonds is 8. The summed E-state index contributed by atoms with van der Waals surface area (Å²) in [5, 5.41) is 33.1. The minimum atomic E-state index is 1.16. The normalized spacial score (nSPS) is 12.0. The molecule has 0 unspecified atom stereocenters. The van der Waals surface area contributed by atoms with Crippen LogP contribution in [-0.4, -0.2) is 18.3 Å². The summed E-state index contributed by atoms with van der Waals surface area (Å²) in [6.45, 7) is 0. The quantitative estimate of drug-likeness (QED) is 0.135. The van der Waals surface area contributed by atoms with E-state index in [4.69, 9.17) is 0 Å². The Hall–Kier alpha value is -16.4. The van der Waals surface area contributed by atoms with Crippen molar-refractivity contribution in [3.63, 3.8) is 0 Å². The van der Waals surface area contributed by atoms with Gasteiger partial charge in [0, 0.05) is 65.8 Å². The lowest BCUT2D eigenvalue weighted by Crippen LogP contribution is -1.94. The van der Waals surface area contributed by atoms with Gasteiger partial charge in [0.2, 0.25) is 0 Å². The summed E-state index contributed by atoms with van der Waals surface area (Å²) in [5.41, 5.74) is 24.1. The molecule has 23 aromatic carbocycles. The minimum Gasteiger partial charge on any atom is -0.309 e. The van der Waals surface area contributed by atoms with E-state index in [0.717, 1.165) is 11.4 Å². The Morgan fingerprint density at radius 3 is 0.669 bits per heavy atom. The average Bonchev–Trinajstić information content (AvgIpc) is 1.65. The second-order valence-corrected chi connectivity index (χ2v) is 33.4. The maximum Gasteiger partial charge on any atom is 0.0541 e. The molecular formula is C120H74N4. The number of benzene rings is 23. The standard InChI is InChI=1S/C62H38N2.C58H36N2/c1-2-12-45(13-3-1)63-59-20-10-8-18-54(59)57-37-41(26-32-61(57)63)42-27-33-62-58(38-42)55-19-9-11-21-60(55)64(62)46-28-31-48-44(35-46)23-22-43-34-39(24-29-47(43)48)40-25-30-53-51-16-5-4-14-49(51)50-15-6-7-17-52(50)56(53)36-40;1-2-12-43(13-3-1)59-55-20-10-8-18-50(55)53-35-40(26-30-57(53)59)41-27-31-58-54(36-41)51-19-9-11-21-56(51)60(58)44-28-24-37-22-23-38(32-42(37)33-44)39-25-29-49-47-16-5-4-14-45(47)46-15-6-7-17-48(46)52(49)34-39/h1-38H;1-36H. The van der Waals surface area contributed by atoms with Gasteiger partial charge in [-0.15, -0.1) is 0 Å². The van der Waals surface area contributed by atoms with Crippen molar-refractivity contribution in [3.05, 3.63) is 449 Å². The zero-order chi connectivity index (χ0) is 81.2. The highest BCUT2D eigenvalue weighted by Crippen LogP contribution is 2.46. The summed E-state index contributed by atoms with van der Waals surface area (Å²) < 4.78 is 9.63. The Labute approximate surface area is 713 Å². The van der Waals surface area contributed by atoms with Crippen molar-refractivity contribution in [3.8, 4) is 67.3 Å². The molecule has 0 amide bonds. The Bertz CT molecular complexity index is 9120. The van der Waals surface area contributed by atoms with Crippen molar-refractivity contribution in [2.45, 2.75) is 0 Å². The van der Waals surface area contributed by atoms with Gasteiger partial charge in [-0.1, -0.05) is 303 Å². The number of aromatic nitrogens is 4. The zero-order valence-corrected chi connectivity index (χ0v) is 67.5. The summed E-state index contributed by atoms with van der Waals surface area (Å²) in [7, 11) is 0. The first-order valence-corrected chi connectivity index (χ1v) is 42.9. The number of hydrogen-bond donors (Lipinski definition) is 0. The van der Waals surface area contributed by atoms with Crippen LogP contribution in [0.4, 0.5) is 0 Å². The fraction of sp³-hybridized carbons (Fsp3) is 0. The first-order chi connectivity index (χ1) is 61.5. The molecule has 0 atom stereocenters. The van der Waals surface area contributed by atoms with E-state index >= 15 is 0 Å². The van der Waals surface area contributed by atoms with Crippen molar-refractivity contribution in [1.29, 1.82) is 0 Å². The van der Waals surface area contributed by atoms with Gasteiger partial charge >= 0.3 is 0 Å². The second-order valence-electron chi connectivity index (χ2n) is 33.4. The van der Waals surface area contributed by atoms with Crippen molar-refractivity contribution in [1.82, 2.24) is 18.3 Å². The van der Waals surface area contributed by atoms with Crippen molar-refractivity contribution in [2.24, 2.45) is 0 Å². The molecular weight excluding hydrogens is 1500 g/mol. The molecule has 0 aliphatic heterocycles. The highest BCUT2D eigenvalue weighted by molar-refractivity contribution is 6.28. The molecule has 27 aromatic rings. The van der Waals surface area contributed by atoms with Gasteiger partial charge in [0.1, 0.15) is 0 Å². The highest BCUT2D eigenvalue weighted by Gasteiger charge is 2.22. The monoisotopic (exact) mass is 1570 g/mol. The smallest absolute Gasteiger partial charge is 0.0541 e. The Balaban J connectivity index is 0.000000133. The van der Waals surface area contributed by atoms with Crippen molar-refractivity contribution in [2.75, 3.05) is 0 Å². The molecule has 0 radical (unpaired) electrons. The molecule has 0 aliphatic rings. The van der Waals surface area contributed by atoms with E-state index in [1.54, 1.807) is 0 Å². The van der Waals surface area contributed by atoms with Crippen LogP contribution in [0.25, 0.3) is 251 Å². The van der Waals surface area contributed by atoms with E-state index in [0.29, 0.717) is 0 Å². The Morgan fingerprint density at radius 2 is 0.306 bits per heavy atom. The third-order valence-corrected chi connectivity index (χ3v) is 26.7. The molecule has 4 heteroatoms. The number of para-hydroxylation sites is 6. The van der Waals surface area contributed by atoms with Gasteiger partial charge in [0.15, 0.2) is 0 Å². The minimum absolute atomic E-state index is 1.16. The maximum absolute atomic E-state index is 2.44. The van der Waals surface area contributed by atoms with Crippen LogP contribution < -0.4 is 0 Å². The molecule has 124 heavy (non-hydrogen) atoms. The zero-order valence-electron chi connectivity index (χ0n) is 67.5. The van der Waals surface area contributed by atoms with Crippen LogP contribution in [0, 0.1) is 0 Å². The summed E-state index contributed by atoms with van der Waals surface area (Å²) >= 11 is 0. The predicted octanol–water partition coefficient (Wildman–Crippen LogP) is 32.8. The highest BCUT2D eigenvalue weighted by atomic mass is 15.0. The van der Waals surface area contributed by atoms with Gasteiger partial charge in [-0.05, 0) is 287 Å². The van der Waals surface area contributed by atoms with Gasteiger partial charge < -0.3 is 18.3 Å². The first kappa shape index (κ1) is 69.5. The summed E-state index contributed by atoms with van der Waals surface area (Å²) in [5.74, 6) is 0. The third kappa shape index (κ3) is 10.8. The summed E-state index contributed by atoms with van der Waals surface area (Å²) in [6, 6.07) is 166. The van der Waals surface area contributed by atoms with Crippen LogP contribution in [-0.2, 0) is 0 Å². The van der Waals surface area contributed by atoms with Crippen LogP contribution in [0.5, 0.6) is 0 Å². The molecule has 0 N–H and O–H groups in total. The van der Waals surface area contributed by atoms with Crippen molar-refractivity contribution >= 4 is 184 Å². The van der Waals surface area contributed by atoms with E-state index in [1.165, 1.54) is 240 Å². The fourth-order valence-corrected chi connectivity index (χ4v) is 21.0. The van der Waals surface area contributed by atoms with E-state index < -0.39 is 0 Å². The molecule has 4 heterocycles. The van der Waals surface area contributed by atoms with Crippen molar-refractivity contribution < 1.29 is 0 Å². The van der Waals surface area contributed by atoms with Crippen LogP contribution in [0.2, 0.25) is 0 Å². The lowest BCUT2D eigenvalue weighted by Gasteiger charge is -2.13. The predicted molar refractivity (Wildman–Crippen MR) is 530 cm³/mol. The molecule has 0 saturated carbocycles. The van der Waals surface area contributed by atoms with E-state index in [-0.39, 0.29) is 0 Å². The molecule has 0 bridgehead atoms. The number of hydrogen-bond acceptors (Lipinski definition) is 0. The van der Waals surface area contributed by atoms with Gasteiger partial charge in [0.05, 0.1) is 44.1 Å². The molecule has 0 fully saturated rings. The van der Waals surface area contributed by atoms with Crippen LogP contribution >= 0.6 is 0 Å². The lowest BCUT2D eigenvalue weighted by molar-refractivity contribution is 1.18. The van der Waals surface area contributed by atoms with Crippen LogP contribution in [0.1, 0.15) is 0 Å². The molecule has 574 valence electrons. The third-order valence-electron chi connectivity index (χ3n) is 26.7. The van der Waals surface area contributed by atoms with Gasteiger partial charge in [0.25, 0.3) is 0 Å². The average molecular weight is 1570 g/mol. The van der Waals surface area contributed by atoms with E-state index in [9.17, 15) is 0 Å². The largest absolute Gasteiger partial charge is 0.309 e.